The van der Waals surface area contributed by atoms with Crippen LogP contribution >= 0.6 is 11.6 Å². The van der Waals surface area contributed by atoms with Crippen molar-refractivity contribution in [3.05, 3.63) is 52.5 Å². The lowest BCUT2D eigenvalue weighted by Crippen LogP contribution is -1.97. The minimum Gasteiger partial charge on any atom is -0.497 e. The van der Waals surface area contributed by atoms with Gasteiger partial charge in [0, 0.05) is 5.02 Å². The van der Waals surface area contributed by atoms with Crippen LogP contribution in [0.2, 0.25) is 5.02 Å². The van der Waals surface area contributed by atoms with Gasteiger partial charge in [0.2, 0.25) is 0 Å². The van der Waals surface area contributed by atoms with Gasteiger partial charge >= 0.3 is 5.97 Å². The zero-order valence-electron chi connectivity index (χ0n) is 10.6. The molecule has 1 N–H and O–H groups in total. The fraction of sp³-hybridized carbons (Fsp3) is 0.133. The van der Waals surface area contributed by atoms with E-state index in [0.29, 0.717) is 5.02 Å². The van der Waals surface area contributed by atoms with Crippen molar-refractivity contribution >= 4 is 17.6 Å². The molecule has 0 saturated heterocycles. The molecule has 0 bridgehead atoms. The monoisotopic (exact) mass is 276 g/mol. The van der Waals surface area contributed by atoms with Crippen LogP contribution in [-0.4, -0.2) is 18.2 Å². The van der Waals surface area contributed by atoms with Crippen molar-refractivity contribution in [1.29, 1.82) is 0 Å². The second kappa shape index (κ2) is 5.33. The maximum absolute atomic E-state index is 11.0. The molecule has 2 aromatic rings. The summed E-state index contributed by atoms with van der Waals surface area (Å²) in [5.74, 6) is -0.225. The number of aryl methyl sites for hydroxylation is 1. The molecule has 0 aliphatic rings. The van der Waals surface area contributed by atoms with E-state index in [1.165, 1.54) is 6.07 Å². The Morgan fingerprint density at radius 3 is 2.53 bits per heavy atom. The van der Waals surface area contributed by atoms with Crippen LogP contribution in [0.3, 0.4) is 0 Å². The Hall–Kier alpha value is -2.00. The molecule has 4 heteroatoms. The normalized spacial score (nSPS) is 10.3. The third-order valence-corrected chi connectivity index (χ3v) is 3.11. The number of hydrogen-bond donors (Lipinski definition) is 1. The van der Waals surface area contributed by atoms with Crippen LogP contribution in [0.4, 0.5) is 0 Å². The summed E-state index contributed by atoms with van der Waals surface area (Å²) in [6.45, 7) is 1.94. The molecule has 0 atom stereocenters. The average molecular weight is 277 g/mol. The summed E-state index contributed by atoms with van der Waals surface area (Å²) in [6, 6.07) is 10.4. The number of methoxy groups -OCH3 is 1. The molecule has 0 saturated carbocycles. The molecule has 0 fully saturated rings. The van der Waals surface area contributed by atoms with Crippen LogP contribution in [0.5, 0.6) is 5.75 Å². The number of carbonyl (C=O) groups is 1. The van der Waals surface area contributed by atoms with Crippen LogP contribution in [-0.2, 0) is 0 Å². The largest absolute Gasteiger partial charge is 0.497 e. The van der Waals surface area contributed by atoms with Crippen molar-refractivity contribution in [1.82, 2.24) is 0 Å². The summed E-state index contributed by atoms with van der Waals surface area (Å²) in [5.41, 5.74) is 2.89. The number of benzene rings is 2. The molecule has 0 unspecified atom stereocenters. The highest BCUT2D eigenvalue weighted by Gasteiger charge is 2.09. The van der Waals surface area contributed by atoms with Gasteiger partial charge in [-0.1, -0.05) is 17.7 Å². The van der Waals surface area contributed by atoms with Gasteiger partial charge in [-0.25, -0.2) is 4.79 Å². The van der Waals surface area contributed by atoms with E-state index in [1.807, 2.05) is 25.1 Å². The Bertz CT molecular complexity index is 635. The van der Waals surface area contributed by atoms with E-state index in [-0.39, 0.29) is 5.56 Å². The second-order valence-corrected chi connectivity index (χ2v) is 4.65. The molecule has 98 valence electrons. The van der Waals surface area contributed by atoms with Crippen LogP contribution in [0.15, 0.2) is 36.4 Å². The molecule has 0 spiro atoms. The summed E-state index contributed by atoms with van der Waals surface area (Å²) in [7, 11) is 1.61. The number of rotatable bonds is 3. The predicted octanol–water partition coefficient (Wildman–Crippen LogP) is 4.02. The van der Waals surface area contributed by atoms with Crippen molar-refractivity contribution in [2.45, 2.75) is 6.92 Å². The van der Waals surface area contributed by atoms with Gasteiger partial charge in [-0.05, 0) is 53.9 Å². The van der Waals surface area contributed by atoms with Gasteiger partial charge in [-0.15, -0.1) is 0 Å². The van der Waals surface area contributed by atoms with Crippen LogP contribution in [0.1, 0.15) is 15.9 Å². The predicted molar refractivity (Wildman–Crippen MR) is 75.1 cm³/mol. The highest BCUT2D eigenvalue weighted by molar-refractivity contribution is 6.31. The minimum atomic E-state index is -0.991. The summed E-state index contributed by atoms with van der Waals surface area (Å²) in [4.78, 5) is 11.0. The van der Waals surface area contributed by atoms with Crippen molar-refractivity contribution in [3.8, 4) is 16.9 Å². The number of ether oxygens (including phenoxy) is 1. The Morgan fingerprint density at radius 2 is 1.95 bits per heavy atom. The Labute approximate surface area is 116 Å². The highest BCUT2D eigenvalue weighted by atomic mass is 35.5. The standard InChI is InChI=1S/C15H13ClO3/c1-9-5-13(19-2)3-4-14(9)10-6-11(15(17)18)8-12(16)7-10/h3-8H,1-2H3,(H,17,18). The van der Waals surface area contributed by atoms with E-state index in [2.05, 4.69) is 0 Å². The van der Waals surface area contributed by atoms with Gasteiger partial charge in [0.1, 0.15) is 5.75 Å². The Balaban J connectivity index is 2.55. The number of carboxylic acids is 1. The Kier molecular flexibility index (Phi) is 3.76. The summed E-state index contributed by atoms with van der Waals surface area (Å²) in [5, 5.41) is 9.46. The van der Waals surface area contributed by atoms with E-state index in [1.54, 1.807) is 19.2 Å². The van der Waals surface area contributed by atoms with E-state index in [4.69, 9.17) is 21.4 Å². The molecule has 0 aromatic heterocycles. The molecule has 3 nitrogen and oxygen atoms in total. The lowest BCUT2D eigenvalue weighted by molar-refractivity contribution is 0.0697. The topological polar surface area (TPSA) is 46.5 Å². The van der Waals surface area contributed by atoms with E-state index < -0.39 is 5.97 Å². The fourth-order valence-electron chi connectivity index (χ4n) is 1.96. The fourth-order valence-corrected chi connectivity index (χ4v) is 2.19. The summed E-state index contributed by atoms with van der Waals surface area (Å²) in [6.07, 6.45) is 0. The van der Waals surface area contributed by atoms with Gasteiger partial charge < -0.3 is 9.84 Å². The lowest BCUT2D eigenvalue weighted by Gasteiger charge is -2.09. The highest BCUT2D eigenvalue weighted by Crippen LogP contribution is 2.29. The second-order valence-electron chi connectivity index (χ2n) is 4.21. The minimum absolute atomic E-state index is 0.178. The zero-order valence-corrected chi connectivity index (χ0v) is 11.4. The number of halogens is 1. The van der Waals surface area contributed by atoms with Crippen LogP contribution in [0, 0.1) is 6.92 Å². The quantitative estimate of drug-likeness (QED) is 0.921. The van der Waals surface area contributed by atoms with Crippen molar-refractivity contribution < 1.29 is 14.6 Å². The molecule has 2 aromatic carbocycles. The van der Waals surface area contributed by atoms with Gasteiger partial charge in [0.15, 0.2) is 0 Å². The summed E-state index contributed by atoms with van der Waals surface area (Å²) < 4.78 is 5.15. The first-order valence-corrected chi connectivity index (χ1v) is 6.08. The first-order valence-electron chi connectivity index (χ1n) is 5.70. The van der Waals surface area contributed by atoms with Gasteiger partial charge in [-0.2, -0.15) is 0 Å². The molecule has 0 aliphatic heterocycles. The van der Waals surface area contributed by atoms with E-state index in [0.717, 1.165) is 22.4 Å². The third-order valence-electron chi connectivity index (χ3n) is 2.89. The molecular formula is C15H13ClO3. The maximum atomic E-state index is 11.0. The molecule has 0 amide bonds. The number of hydrogen-bond acceptors (Lipinski definition) is 2. The van der Waals surface area contributed by atoms with Crippen molar-refractivity contribution in [3.63, 3.8) is 0 Å². The summed E-state index contributed by atoms with van der Waals surface area (Å²) >= 11 is 5.97. The molecule has 0 heterocycles. The molecule has 2 rings (SSSR count). The molecule has 19 heavy (non-hydrogen) atoms. The molecule has 0 aliphatic carbocycles. The van der Waals surface area contributed by atoms with Gasteiger partial charge in [0.25, 0.3) is 0 Å². The van der Waals surface area contributed by atoms with Gasteiger partial charge in [-0.3, -0.25) is 0 Å². The third kappa shape index (κ3) is 2.88. The van der Waals surface area contributed by atoms with Crippen LogP contribution < -0.4 is 4.74 Å². The van der Waals surface area contributed by atoms with E-state index in [9.17, 15) is 4.79 Å². The Morgan fingerprint density at radius 1 is 1.21 bits per heavy atom. The van der Waals surface area contributed by atoms with Crippen LogP contribution in [0.25, 0.3) is 11.1 Å². The van der Waals surface area contributed by atoms with E-state index >= 15 is 0 Å². The molecule has 0 radical (unpaired) electrons. The lowest BCUT2D eigenvalue weighted by atomic mass is 9.98. The first kappa shape index (κ1) is 13.4. The first-order chi connectivity index (χ1) is 9.01. The smallest absolute Gasteiger partial charge is 0.335 e. The molecular weight excluding hydrogens is 264 g/mol. The SMILES string of the molecule is COc1ccc(-c2cc(Cl)cc(C(=O)O)c2)c(C)c1. The van der Waals surface area contributed by atoms with Crippen molar-refractivity contribution in [2.75, 3.05) is 7.11 Å². The number of carboxylic acid groups (broad SMARTS) is 1. The number of aromatic carboxylic acids is 1. The van der Waals surface area contributed by atoms with Gasteiger partial charge in [0.05, 0.1) is 12.7 Å². The average Bonchev–Trinajstić information content (AvgIpc) is 2.37. The zero-order chi connectivity index (χ0) is 14.0. The maximum Gasteiger partial charge on any atom is 0.335 e. The van der Waals surface area contributed by atoms with Crippen molar-refractivity contribution in [2.24, 2.45) is 0 Å².